The Kier molecular flexibility index (Phi) is 3.85. The van der Waals surface area contributed by atoms with E-state index in [0.717, 1.165) is 35.8 Å². The number of nitrogens with one attached hydrogen (secondary N) is 2. The van der Waals surface area contributed by atoms with Crippen molar-refractivity contribution < 1.29 is 4.79 Å². The fourth-order valence-electron chi connectivity index (χ4n) is 3.36. The summed E-state index contributed by atoms with van der Waals surface area (Å²) in [4.78, 5) is 17.4. The van der Waals surface area contributed by atoms with Gasteiger partial charge in [0.2, 0.25) is 11.6 Å². The topological polar surface area (TPSA) is 123 Å². The largest absolute Gasteiger partial charge is 0.369 e. The Hall–Kier alpha value is -3.28. The normalized spacial score (nSPS) is 17.6. The van der Waals surface area contributed by atoms with Crippen molar-refractivity contribution in [3.8, 4) is 6.07 Å². The fraction of sp³-hybridized carbons (Fsp3) is 0.375. The Bertz CT molecular complexity index is 975. The first-order valence-corrected chi connectivity index (χ1v) is 8.12. The van der Waals surface area contributed by atoms with E-state index in [9.17, 15) is 4.79 Å². The average molecular weight is 336 g/mol. The second-order valence-electron chi connectivity index (χ2n) is 6.03. The maximum atomic E-state index is 12.2. The summed E-state index contributed by atoms with van der Waals surface area (Å²) in [6.07, 6.45) is 5.23. The van der Waals surface area contributed by atoms with Crippen LogP contribution in [-0.4, -0.2) is 50.9 Å². The minimum Gasteiger partial charge on any atom is -0.369 e. The van der Waals surface area contributed by atoms with Crippen molar-refractivity contribution in [3.63, 3.8) is 0 Å². The summed E-state index contributed by atoms with van der Waals surface area (Å²) in [5.74, 6) is -0.231. The number of aromatic amines is 1. The molecule has 3 aromatic rings. The molecular formula is C16H16N8O. The number of carbonyl (C=O) groups excluding carboxylic acids is 1. The summed E-state index contributed by atoms with van der Waals surface area (Å²) < 4.78 is 0. The summed E-state index contributed by atoms with van der Waals surface area (Å²) in [7, 11) is 0. The van der Waals surface area contributed by atoms with Crippen molar-refractivity contribution in [1.82, 2.24) is 30.7 Å². The van der Waals surface area contributed by atoms with Crippen molar-refractivity contribution in [2.75, 3.05) is 24.5 Å². The third-order valence-corrected chi connectivity index (χ3v) is 4.53. The van der Waals surface area contributed by atoms with E-state index in [4.69, 9.17) is 5.26 Å². The Labute approximate surface area is 143 Å². The van der Waals surface area contributed by atoms with Crippen molar-refractivity contribution in [3.05, 3.63) is 18.5 Å². The fourth-order valence-corrected chi connectivity index (χ4v) is 3.36. The monoisotopic (exact) mass is 336 g/mol. The van der Waals surface area contributed by atoms with E-state index in [2.05, 4.69) is 35.6 Å². The smallest absolute Gasteiger partial charge is 0.225 e. The molecule has 0 saturated carbocycles. The summed E-state index contributed by atoms with van der Waals surface area (Å²) in [6, 6.07) is 3.88. The molecule has 9 nitrogen and oxygen atoms in total. The van der Waals surface area contributed by atoms with Crippen LogP contribution in [0.2, 0.25) is 0 Å². The molecule has 25 heavy (non-hydrogen) atoms. The van der Waals surface area contributed by atoms with Gasteiger partial charge in [0.25, 0.3) is 0 Å². The van der Waals surface area contributed by atoms with Crippen LogP contribution in [0.3, 0.4) is 0 Å². The zero-order valence-corrected chi connectivity index (χ0v) is 13.4. The molecule has 0 radical (unpaired) electrons. The third-order valence-electron chi connectivity index (χ3n) is 4.53. The lowest BCUT2D eigenvalue weighted by molar-refractivity contribution is -0.125. The van der Waals surface area contributed by atoms with Crippen LogP contribution < -0.4 is 10.2 Å². The number of amides is 1. The summed E-state index contributed by atoms with van der Waals surface area (Å²) >= 11 is 0. The van der Waals surface area contributed by atoms with E-state index in [0.29, 0.717) is 17.8 Å². The number of H-pyrrole nitrogens is 1. The van der Waals surface area contributed by atoms with Gasteiger partial charge in [-0.2, -0.15) is 10.4 Å². The van der Waals surface area contributed by atoms with Gasteiger partial charge in [-0.05, 0) is 18.9 Å². The number of aromatic nitrogens is 5. The molecule has 1 saturated heterocycles. The van der Waals surface area contributed by atoms with Gasteiger partial charge in [0.15, 0.2) is 5.65 Å². The van der Waals surface area contributed by atoms with Crippen molar-refractivity contribution in [2.24, 2.45) is 5.92 Å². The first kappa shape index (κ1) is 15.3. The van der Waals surface area contributed by atoms with Gasteiger partial charge in [-0.15, -0.1) is 15.3 Å². The highest BCUT2D eigenvalue weighted by Crippen LogP contribution is 2.32. The molecule has 1 amide bonds. The minimum atomic E-state index is -0.151. The number of hydrogen-bond acceptors (Lipinski definition) is 7. The van der Waals surface area contributed by atoms with Crippen LogP contribution in [0.25, 0.3) is 22.1 Å². The Morgan fingerprint density at radius 3 is 3.24 bits per heavy atom. The lowest BCUT2D eigenvalue weighted by Gasteiger charge is -2.33. The Balaban J connectivity index is 1.70. The first-order chi connectivity index (χ1) is 12.3. The zero-order chi connectivity index (χ0) is 17.2. The van der Waals surface area contributed by atoms with E-state index >= 15 is 0 Å². The highest BCUT2D eigenvalue weighted by Gasteiger charge is 2.27. The molecule has 4 heterocycles. The van der Waals surface area contributed by atoms with Crippen molar-refractivity contribution in [2.45, 2.75) is 12.8 Å². The predicted octanol–water partition coefficient (Wildman–Crippen LogP) is 0.757. The second kappa shape index (κ2) is 6.32. The molecule has 1 fully saturated rings. The van der Waals surface area contributed by atoms with Gasteiger partial charge < -0.3 is 15.2 Å². The second-order valence-corrected chi connectivity index (χ2v) is 6.03. The number of fused-ring (bicyclic) bond motifs is 3. The van der Waals surface area contributed by atoms with E-state index < -0.39 is 0 Å². The van der Waals surface area contributed by atoms with Gasteiger partial charge in [0.1, 0.15) is 6.54 Å². The van der Waals surface area contributed by atoms with Crippen LogP contribution in [0.4, 0.5) is 5.69 Å². The molecule has 1 atom stereocenters. The number of rotatable bonds is 3. The zero-order valence-electron chi connectivity index (χ0n) is 13.4. The number of piperidine rings is 1. The summed E-state index contributed by atoms with van der Waals surface area (Å²) in [6.45, 7) is 1.44. The van der Waals surface area contributed by atoms with E-state index in [1.54, 1.807) is 6.20 Å². The number of nitriles is 1. The van der Waals surface area contributed by atoms with Gasteiger partial charge in [-0.25, -0.2) is 0 Å². The van der Waals surface area contributed by atoms with Crippen LogP contribution in [0.15, 0.2) is 18.5 Å². The first-order valence-electron chi connectivity index (χ1n) is 8.12. The van der Waals surface area contributed by atoms with Gasteiger partial charge in [-0.3, -0.25) is 4.79 Å². The van der Waals surface area contributed by atoms with E-state index in [-0.39, 0.29) is 18.4 Å². The van der Waals surface area contributed by atoms with E-state index in [1.807, 2.05) is 18.3 Å². The number of hydrogen-bond donors (Lipinski definition) is 2. The molecule has 0 bridgehead atoms. The molecular weight excluding hydrogens is 320 g/mol. The molecule has 2 N–H and O–H groups in total. The molecule has 0 spiro atoms. The lowest BCUT2D eigenvalue weighted by atomic mass is 9.96. The Morgan fingerprint density at radius 1 is 1.44 bits per heavy atom. The molecule has 0 aliphatic carbocycles. The van der Waals surface area contributed by atoms with Gasteiger partial charge in [-0.1, -0.05) is 0 Å². The average Bonchev–Trinajstić information content (AvgIpc) is 3.14. The SMILES string of the molecule is N#CCNC(=O)C1CCCN(c2cnnc3nnc4[nH]ccc4c23)C1. The quantitative estimate of drug-likeness (QED) is 0.677. The molecule has 1 aliphatic rings. The number of carbonyl (C=O) groups is 1. The summed E-state index contributed by atoms with van der Waals surface area (Å²) in [5, 5.41) is 29.5. The van der Waals surface area contributed by atoms with Gasteiger partial charge >= 0.3 is 0 Å². The highest BCUT2D eigenvalue weighted by atomic mass is 16.1. The molecule has 0 aromatic carbocycles. The Morgan fingerprint density at radius 2 is 2.36 bits per heavy atom. The molecule has 9 heteroatoms. The molecule has 4 rings (SSSR count). The minimum absolute atomic E-state index is 0.0363. The molecule has 1 unspecified atom stereocenters. The van der Waals surface area contributed by atoms with Gasteiger partial charge in [0.05, 0.1) is 29.3 Å². The van der Waals surface area contributed by atoms with Crippen LogP contribution in [0.1, 0.15) is 12.8 Å². The van der Waals surface area contributed by atoms with E-state index in [1.165, 1.54) is 0 Å². The number of anilines is 1. The maximum absolute atomic E-state index is 12.2. The van der Waals surface area contributed by atoms with Crippen molar-refractivity contribution in [1.29, 1.82) is 5.26 Å². The van der Waals surface area contributed by atoms with Crippen LogP contribution in [0.5, 0.6) is 0 Å². The van der Waals surface area contributed by atoms with Crippen molar-refractivity contribution >= 4 is 33.7 Å². The predicted molar refractivity (Wildman–Crippen MR) is 90.5 cm³/mol. The van der Waals surface area contributed by atoms with Crippen LogP contribution in [0, 0.1) is 17.2 Å². The standard InChI is InChI=1S/C16H16N8O/c17-4-6-19-16(25)10-2-1-7-24(9-10)12-8-20-21-15-13(12)11-3-5-18-14(11)22-23-15/h3,5,8,10H,1-2,6-7,9H2,(H,18,22)(H,19,25). The maximum Gasteiger partial charge on any atom is 0.225 e. The molecule has 1 aliphatic heterocycles. The highest BCUT2D eigenvalue weighted by molar-refractivity contribution is 6.08. The van der Waals surface area contributed by atoms with Gasteiger partial charge in [0, 0.05) is 24.7 Å². The van der Waals surface area contributed by atoms with Crippen LogP contribution in [-0.2, 0) is 4.79 Å². The number of nitrogens with zero attached hydrogens (tertiary/aromatic N) is 6. The molecule has 126 valence electrons. The lowest BCUT2D eigenvalue weighted by Crippen LogP contribution is -2.43. The van der Waals surface area contributed by atoms with Crippen LogP contribution >= 0.6 is 0 Å². The summed E-state index contributed by atoms with van der Waals surface area (Å²) in [5.41, 5.74) is 2.09. The third kappa shape index (κ3) is 2.71. The molecule has 3 aromatic heterocycles.